The predicted octanol–water partition coefficient (Wildman–Crippen LogP) is 1.12. The van der Waals surface area contributed by atoms with Gasteiger partial charge in [0, 0.05) is 13.2 Å². The highest BCUT2D eigenvalue weighted by molar-refractivity contribution is 6.00. The Balaban J connectivity index is 2.48. The first-order chi connectivity index (χ1) is 7.74. The number of aromatic carboxylic acids is 1. The van der Waals surface area contributed by atoms with Crippen molar-refractivity contribution in [2.24, 2.45) is 0 Å². The Hall–Kier alpha value is -1.88. The van der Waals surface area contributed by atoms with Crippen molar-refractivity contribution >= 4 is 17.0 Å². The number of aliphatic hydroxyl groups is 1. The number of carbonyl (C=O) groups is 1. The van der Waals surface area contributed by atoms with Gasteiger partial charge in [-0.25, -0.2) is 9.78 Å². The lowest BCUT2D eigenvalue weighted by atomic mass is 10.2. The van der Waals surface area contributed by atoms with Crippen LogP contribution in [0, 0.1) is 0 Å². The van der Waals surface area contributed by atoms with Crippen molar-refractivity contribution in [2.75, 3.05) is 6.61 Å². The van der Waals surface area contributed by atoms with E-state index in [0.29, 0.717) is 18.5 Å². The van der Waals surface area contributed by atoms with Gasteiger partial charge in [0.05, 0.1) is 17.4 Å². The molecule has 2 aromatic rings. The molecule has 5 nitrogen and oxygen atoms in total. The molecule has 0 spiro atoms. The van der Waals surface area contributed by atoms with Crippen molar-refractivity contribution in [3.05, 3.63) is 30.1 Å². The molecule has 2 N–H and O–H groups in total. The average Bonchev–Trinajstić information content (AvgIpc) is 2.69. The number of carboxylic acids is 1. The Morgan fingerprint density at radius 1 is 1.44 bits per heavy atom. The normalized spacial score (nSPS) is 10.8. The topological polar surface area (TPSA) is 75.3 Å². The minimum Gasteiger partial charge on any atom is -0.478 e. The number of hydrogen-bond acceptors (Lipinski definition) is 3. The average molecular weight is 220 g/mol. The lowest BCUT2D eigenvalue weighted by molar-refractivity contribution is 0.0699. The smallest absolute Gasteiger partial charge is 0.337 e. The number of hydrogen-bond donors (Lipinski definition) is 2. The Labute approximate surface area is 92.0 Å². The van der Waals surface area contributed by atoms with Crippen LogP contribution in [0.15, 0.2) is 24.5 Å². The van der Waals surface area contributed by atoms with E-state index < -0.39 is 5.97 Å². The number of nitrogens with zero attached hydrogens (tertiary/aromatic N) is 2. The molecule has 84 valence electrons. The number of fused-ring (bicyclic) bond motifs is 1. The van der Waals surface area contributed by atoms with Crippen molar-refractivity contribution in [2.45, 2.75) is 13.0 Å². The van der Waals surface area contributed by atoms with Crippen LogP contribution < -0.4 is 0 Å². The number of benzene rings is 1. The number of aromatic nitrogens is 2. The fourth-order valence-electron chi connectivity index (χ4n) is 1.68. The zero-order chi connectivity index (χ0) is 11.5. The minimum atomic E-state index is -0.974. The Morgan fingerprint density at radius 2 is 2.25 bits per heavy atom. The number of aliphatic hydroxyl groups excluding tert-OH is 1. The van der Waals surface area contributed by atoms with E-state index in [-0.39, 0.29) is 12.2 Å². The first-order valence-electron chi connectivity index (χ1n) is 5.02. The van der Waals surface area contributed by atoms with Crippen molar-refractivity contribution in [3.63, 3.8) is 0 Å². The molecule has 0 aliphatic carbocycles. The molecule has 1 heterocycles. The van der Waals surface area contributed by atoms with Crippen molar-refractivity contribution in [1.29, 1.82) is 0 Å². The van der Waals surface area contributed by atoms with E-state index in [0.717, 1.165) is 5.52 Å². The monoisotopic (exact) mass is 220 g/mol. The summed E-state index contributed by atoms with van der Waals surface area (Å²) in [5, 5.41) is 17.7. The van der Waals surface area contributed by atoms with Crippen molar-refractivity contribution < 1.29 is 15.0 Å². The molecule has 0 saturated heterocycles. The van der Waals surface area contributed by atoms with Gasteiger partial charge in [-0.1, -0.05) is 6.07 Å². The Bertz CT molecular complexity index is 519. The van der Waals surface area contributed by atoms with Crippen LogP contribution in [-0.4, -0.2) is 32.3 Å². The van der Waals surface area contributed by atoms with Crippen molar-refractivity contribution in [3.8, 4) is 0 Å². The van der Waals surface area contributed by atoms with Gasteiger partial charge in [0.15, 0.2) is 0 Å². The highest BCUT2D eigenvalue weighted by Crippen LogP contribution is 2.17. The highest BCUT2D eigenvalue weighted by Gasteiger charge is 2.11. The van der Waals surface area contributed by atoms with Gasteiger partial charge in [-0.05, 0) is 18.6 Å². The number of imidazole rings is 1. The van der Waals surface area contributed by atoms with Crippen LogP contribution in [0.1, 0.15) is 16.8 Å². The van der Waals surface area contributed by atoms with Crippen LogP contribution >= 0.6 is 0 Å². The number of aryl methyl sites for hydroxylation is 1. The van der Waals surface area contributed by atoms with Gasteiger partial charge in [0.2, 0.25) is 0 Å². The van der Waals surface area contributed by atoms with E-state index in [1.165, 1.54) is 6.07 Å². The molecule has 0 aliphatic heterocycles. The summed E-state index contributed by atoms with van der Waals surface area (Å²) >= 11 is 0. The van der Waals surface area contributed by atoms with Gasteiger partial charge < -0.3 is 14.8 Å². The molecule has 1 aromatic carbocycles. The summed E-state index contributed by atoms with van der Waals surface area (Å²) in [6.07, 6.45) is 2.23. The standard InChI is InChI=1S/C11H12N2O3/c14-6-2-5-13-7-12-10-8(11(15)16)3-1-4-9(10)13/h1,3-4,7,14H,2,5-6H2,(H,15,16). The third-order valence-corrected chi connectivity index (χ3v) is 2.44. The molecule has 5 heteroatoms. The summed E-state index contributed by atoms with van der Waals surface area (Å²) in [5.41, 5.74) is 1.49. The lowest BCUT2D eigenvalue weighted by Gasteiger charge is -2.02. The molecule has 0 unspecified atom stereocenters. The summed E-state index contributed by atoms with van der Waals surface area (Å²) in [5.74, 6) is -0.974. The lowest BCUT2D eigenvalue weighted by Crippen LogP contribution is -2.00. The number of para-hydroxylation sites is 1. The zero-order valence-electron chi connectivity index (χ0n) is 8.63. The molecule has 0 radical (unpaired) electrons. The molecule has 0 atom stereocenters. The van der Waals surface area contributed by atoms with Crippen LogP contribution in [0.4, 0.5) is 0 Å². The summed E-state index contributed by atoms with van der Waals surface area (Å²) < 4.78 is 1.85. The maximum atomic E-state index is 10.9. The van der Waals surface area contributed by atoms with E-state index in [1.54, 1.807) is 12.4 Å². The molecular weight excluding hydrogens is 208 g/mol. The molecule has 0 saturated carbocycles. The van der Waals surface area contributed by atoms with Crippen LogP contribution in [-0.2, 0) is 6.54 Å². The van der Waals surface area contributed by atoms with E-state index in [1.807, 2.05) is 10.6 Å². The third-order valence-electron chi connectivity index (χ3n) is 2.44. The molecule has 0 amide bonds. The van der Waals surface area contributed by atoms with Crippen LogP contribution in [0.3, 0.4) is 0 Å². The van der Waals surface area contributed by atoms with Crippen LogP contribution in [0.2, 0.25) is 0 Å². The molecular formula is C11H12N2O3. The minimum absolute atomic E-state index is 0.109. The summed E-state index contributed by atoms with van der Waals surface area (Å²) in [6, 6.07) is 5.06. The first kappa shape index (κ1) is 10.6. The summed E-state index contributed by atoms with van der Waals surface area (Å²) in [7, 11) is 0. The van der Waals surface area contributed by atoms with E-state index >= 15 is 0 Å². The van der Waals surface area contributed by atoms with Gasteiger partial charge in [-0.15, -0.1) is 0 Å². The second-order valence-electron chi connectivity index (χ2n) is 3.49. The fourth-order valence-corrected chi connectivity index (χ4v) is 1.68. The molecule has 0 bridgehead atoms. The molecule has 16 heavy (non-hydrogen) atoms. The largest absolute Gasteiger partial charge is 0.478 e. The Morgan fingerprint density at radius 3 is 2.94 bits per heavy atom. The van der Waals surface area contributed by atoms with Gasteiger partial charge in [-0.3, -0.25) is 0 Å². The SMILES string of the molecule is O=C(O)c1cccc2c1ncn2CCCO. The van der Waals surface area contributed by atoms with E-state index in [9.17, 15) is 4.79 Å². The molecule has 0 fully saturated rings. The number of carboxylic acid groups (broad SMARTS) is 1. The van der Waals surface area contributed by atoms with E-state index in [2.05, 4.69) is 4.98 Å². The number of rotatable bonds is 4. The maximum Gasteiger partial charge on any atom is 0.337 e. The van der Waals surface area contributed by atoms with E-state index in [4.69, 9.17) is 10.2 Å². The first-order valence-corrected chi connectivity index (χ1v) is 5.02. The fraction of sp³-hybridized carbons (Fsp3) is 0.273. The molecule has 2 rings (SSSR count). The highest BCUT2D eigenvalue weighted by atomic mass is 16.4. The van der Waals surface area contributed by atoms with Gasteiger partial charge in [0.1, 0.15) is 5.52 Å². The van der Waals surface area contributed by atoms with Gasteiger partial charge >= 0.3 is 5.97 Å². The van der Waals surface area contributed by atoms with Gasteiger partial charge in [0.25, 0.3) is 0 Å². The van der Waals surface area contributed by atoms with Crippen molar-refractivity contribution in [1.82, 2.24) is 9.55 Å². The zero-order valence-corrected chi connectivity index (χ0v) is 8.63. The van der Waals surface area contributed by atoms with Crippen LogP contribution in [0.5, 0.6) is 0 Å². The Kier molecular flexibility index (Phi) is 2.87. The molecule has 1 aromatic heterocycles. The maximum absolute atomic E-state index is 10.9. The second kappa shape index (κ2) is 4.32. The molecule has 0 aliphatic rings. The summed E-state index contributed by atoms with van der Waals surface area (Å²) in [4.78, 5) is 15.0. The predicted molar refractivity (Wildman–Crippen MR) is 58.4 cm³/mol. The summed E-state index contributed by atoms with van der Waals surface area (Å²) in [6.45, 7) is 0.744. The second-order valence-corrected chi connectivity index (χ2v) is 3.49. The quantitative estimate of drug-likeness (QED) is 0.809. The van der Waals surface area contributed by atoms with Gasteiger partial charge in [-0.2, -0.15) is 0 Å². The third kappa shape index (κ3) is 1.77. The van der Waals surface area contributed by atoms with Crippen LogP contribution in [0.25, 0.3) is 11.0 Å².